The molecular formula is C10H16N2O2S. The molecule has 15 heavy (non-hydrogen) atoms. The van der Waals surface area contributed by atoms with Gasteiger partial charge in [0.15, 0.2) is 10.8 Å². The number of carboxylic acid groups (broad SMARTS) is 1. The Balaban J connectivity index is 2.72. The van der Waals surface area contributed by atoms with Crippen LogP contribution in [-0.4, -0.2) is 22.6 Å². The average molecular weight is 228 g/mol. The zero-order valence-electron chi connectivity index (χ0n) is 9.42. The Morgan fingerprint density at radius 2 is 2.13 bits per heavy atom. The molecule has 4 nitrogen and oxygen atoms in total. The normalized spacial score (nSPS) is 11.5. The predicted octanol–water partition coefficient (Wildman–Crippen LogP) is 2.61. The Morgan fingerprint density at radius 1 is 1.53 bits per heavy atom. The lowest BCUT2D eigenvalue weighted by Crippen LogP contribution is -2.18. The van der Waals surface area contributed by atoms with Crippen LogP contribution in [0.4, 0.5) is 5.13 Å². The number of nitrogens with zero attached hydrogens (tertiary/aromatic N) is 1. The molecule has 0 saturated heterocycles. The first-order valence-corrected chi connectivity index (χ1v) is 5.56. The summed E-state index contributed by atoms with van der Waals surface area (Å²) >= 11 is 1.38. The second-order valence-electron chi connectivity index (χ2n) is 4.64. The maximum atomic E-state index is 10.8. The van der Waals surface area contributed by atoms with E-state index in [1.807, 2.05) is 0 Å². The van der Waals surface area contributed by atoms with Crippen LogP contribution in [0.25, 0.3) is 0 Å². The van der Waals surface area contributed by atoms with Gasteiger partial charge >= 0.3 is 5.97 Å². The van der Waals surface area contributed by atoms with Crippen LogP contribution >= 0.6 is 11.3 Å². The quantitative estimate of drug-likeness (QED) is 0.834. The Bertz CT molecular complexity index is 366. The molecule has 5 heteroatoms. The summed E-state index contributed by atoms with van der Waals surface area (Å²) in [5, 5.41) is 12.6. The molecule has 0 aliphatic carbocycles. The summed E-state index contributed by atoms with van der Waals surface area (Å²) in [5.74, 6) is -0.965. The summed E-state index contributed by atoms with van der Waals surface area (Å²) in [7, 11) is 0. The van der Waals surface area contributed by atoms with Gasteiger partial charge in [0, 0.05) is 11.4 Å². The van der Waals surface area contributed by atoms with Gasteiger partial charge < -0.3 is 10.4 Å². The summed E-state index contributed by atoms with van der Waals surface area (Å²) in [4.78, 5) is 15.5. The van der Waals surface area contributed by atoms with Crippen LogP contribution in [0.3, 0.4) is 0 Å². The predicted molar refractivity (Wildman–Crippen MR) is 61.8 cm³/mol. The van der Waals surface area contributed by atoms with E-state index < -0.39 is 5.97 Å². The second-order valence-corrected chi connectivity index (χ2v) is 5.85. The van der Waals surface area contributed by atoms with Crippen molar-refractivity contribution in [1.82, 2.24) is 4.98 Å². The topological polar surface area (TPSA) is 62.2 Å². The fourth-order valence-electron chi connectivity index (χ4n) is 1.01. The first-order valence-electron chi connectivity index (χ1n) is 4.74. The number of carboxylic acids is 1. The Hall–Kier alpha value is -1.10. The minimum Gasteiger partial charge on any atom is -0.476 e. The van der Waals surface area contributed by atoms with Gasteiger partial charge in [0.05, 0.1) is 0 Å². The van der Waals surface area contributed by atoms with E-state index in [2.05, 4.69) is 31.1 Å². The maximum Gasteiger partial charge on any atom is 0.355 e. The van der Waals surface area contributed by atoms with Crippen molar-refractivity contribution in [2.45, 2.75) is 27.7 Å². The lowest BCUT2D eigenvalue weighted by atomic mass is 9.97. The van der Waals surface area contributed by atoms with Crippen molar-refractivity contribution >= 4 is 22.4 Å². The molecule has 0 unspecified atom stereocenters. The molecule has 0 aliphatic heterocycles. The molecule has 0 spiro atoms. The molecule has 1 aromatic heterocycles. The third-order valence-corrected chi connectivity index (χ3v) is 2.70. The number of aryl methyl sites for hydroxylation is 1. The Kier molecular flexibility index (Phi) is 3.34. The van der Waals surface area contributed by atoms with Crippen molar-refractivity contribution in [2.75, 3.05) is 11.9 Å². The summed E-state index contributed by atoms with van der Waals surface area (Å²) in [5.41, 5.74) is 0.305. The van der Waals surface area contributed by atoms with Crippen molar-refractivity contribution in [1.29, 1.82) is 0 Å². The number of aromatic nitrogens is 1. The molecule has 1 aromatic rings. The summed E-state index contributed by atoms with van der Waals surface area (Å²) < 4.78 is 0. The van der Waals surface area contributed by atoms with Crippen LogP contribution < -0.4 is 5.32 Å². The smallest absolute Gasteiger partial charge is 0.355 e. The molecule has 84 valence electrons. The van der Waals surface area contributed by atoms with Crippen LogP contribution in [-0.2, 0) is 0 Å². The van der Waals surface area contributed by atoms with E-state index in [0.717, 1.165) is 11.4 Å². The fraction of sp³-hybridized carbons (Fsp3) is 0.600. The summed E-state index contributed by atoms with van der Waals surface area (Å²) in [6.45, 7) is 8.87. The minimum atomic E-state index is -0.965. The van der Waals surface area contributed by atoms with E-state index in [1.165, 1.54) is 11.3 Å². The highest BCUT2D eigenvalue weighted by Crippen LogP contribution is 2.23. The van der Waals surface area contributed by atoms with Gasteiger partial charge in [0.25, 0.3) is 0 Å². The van der Waals surface area contributed by atoms with Gasteiger partial charge in [0.1, 0.15) is 0 Å². The highest BCUT2D eigenvalue weighted by Gasteiger charge is 2.15. The lowest BCUT2D eigenvalue weighted by Gasteiger charge is -2.17. The first-order chi connectivity index (χ1) is 6.79. The van der Waals surface area contributed by atoms with Crippen LogP contribution in [0.2, 0.25) is 0 Å². The molecule has 0 fully saturated rings. The minimum absolute atomic E-state index is 0.149. The van der Waals surface area contributed by atoms with E-state index in [0.29, 0.717) is 5.13 Å². The molecule has 0 radical (unpaired) electrons. The Labute approximate surface area is 93.4 Å². The van der Waals surface area contributed by atoms with E-state index in [9.17, 15) is 4.79 Å². The highest BCUT2D eigenvalue weighted by atomic mass is 32.1. The van der Waals surface area contributed by atoms with Gasteiger partial charge in [-0.05, 0) is 12.3 Å². The molecule has 1 heterocycles. The number of rotatable bonds is 3. The van der Waals surface area contributed by atoms with Crippen LogP contribution in [0.15, 0.2) is 0 Å². The van der Waals surface area contributed by atoms with E-state index >= 15 is 0 Å². The van der Waals surface area contributed by atoms with Crippen LogP contribution in [0.5, 0.6) is 0 Å². The van der Waals surface area contributed by atoms with Gasteiger partial charge in [-0.25, -0.2) is 9.78 Å². The number of nitrogens with one attached hydrogen (secondary N) is 1. The molecule has 0 aliphatic rings. The number of hydrogen-bond donors (Lipinski definition) is 2. The monoisotopic (exact) mass is 228 g/mol. The van der Waals surface area contributed by atoms with Crippen molar-refractivity contribution < 1.29 is 9.90 Å². The number of anilines is 1. The molecular weight excluding hydrogens is 212 g/mol. The Morgan fingerprint density at radius 3 is 2.53 bits per heavy atom. The molecule has 0 aromatic carbocycles. The largest absolute Gasteiger partial charge is 0.476 e. The summed E-state index contributed by atoms with van der Waals surface area (Å²) in [6, 6.07) is 0. The molecule has 0 bridgehead atoms. The average Bonchev–Trinajstić information content (AvgIpc) is 2.42. The molecule has 0 atom stereocenters. The van der Waals surface area contributed by atoms with Crippen molar-refractivity contribution in [3.63, 3.8) is 0 Å². The molecule has 0 amide bonds. The third-order valence-electron chi connectivity index (χ3n) is 1.77. The van der Waals surface area contributed by atoms with Crippen molar-refractivity contribution in [2.24, 2.45) is 5.41 Å². The SMILES string of the molecule is Cc1sc(NCC(C)(C)C)nc1C(=O)O. The van der Waals surface area contributed by atoms with Gasteiger partial charge in [0.2, 0.25) is 0 Å². The fourth-order valence-corrected chi connectivity index (χ4v) is 1.81. The zero-order valence-corrected chi connectivity index (χ0v) is 10.2. The molecule has 1 rings (SSSR count). The number of hydrogen-bond acceptors (Lipinski definition) is 4. The van der Waals surface area contributed by atoms with E-state index in [-0.39, 0.29) is 11.1 Å². The van der Waals surface area contributed by atoms with Gasteiger partial charge in [-0.3, -0.25) is 0 Å². The lowest BCUT2D eigenvalue weighted by molar-refractivity contribution is 0.0690. The van der Waals surface area contributed by atoms with Gasteiger partial charge in [-0.2, -0.15) is 0 Å². The summed E-state index contributed by atoms with van der Waals surface area (Å²) in [6.07, 6.45) is 0. The van der Waals surface area contributed by atoms with E-state index in [1.54, 1.807) is 6.92 Å². The molecule has 0 saturated carbocycles. The second kappa shape index (κ2) is 4.18. The van der Waals surface area contributed by atoms with Crippen molar-refractivity contribution in [3.8, 4) is 0 Å². The number of carbonyl (C=O) groups is 1. The van der Waals surface area contributed by atoms with Crippen molar-refractivity contribution in [3.05, 3.63) is 10.6 Å². The molecule has 2 N–H and O–H groups in total. The zero-order chi connectivity index (χ0) is 11.6. The van der Waals surface area contributed by atoms with Gasteiger partial charge in [-0.1, -0.05) is 20.8 Å². The first kappa shape index (κ1) is 12.0. The number of thiazole rings is 1. The van der Waals surface area contributed by atoms with Crippen LogP contribution in [0, 0.1) is 12.3 Å². The van der Waals surface area contributed by atoms with Gasteiger partial charge in [-0.15, -0.1) is 11.3 Å². The third kappa shape index (κ3) is 3.51. The number of aromatic carboxylic acids is 1. The standard InChI is InChI=1S/C10H16N2O2S/c1-6-7(8(13)14)12-9(15-6)11-5-10(2,3)4/h5H2,1-4H3,(H,11,12)(H,13,14). The van der Waals surface area contributed by atoms with E-state index in [4.69, 9.17) is 5.11 Å². The van der Waals surface area contributed by atoms with Crippen LogP contribution in [0.1, 0.15) is 36.1 Å². The highest BCUT2D eigenvalue weighted by molar-refractivity contribution is 7.15. The maximum absolute atomic E-state index is 10.8.